The summed E-state index contributed by atoms with van der Waals surface area (Å²) < 4.78 is 40.2. The SMILES string of the molecule is Cc1cc(=O)c(C(=O)NC2(CN)CCCC2)nn1-c1cccc(C(F)(F)F)c1.Cl. The lowest BCUT2D eigenvalue weighted by Gasteiger charge is -2.28. The molecule has 0 atom stereocenters. The third-order valence-corrected chi connectivity index (χ3v) is 5.07. The highest BCUT2D eigenvalue weighted by atomic mass is 35.5. The van der Waals surface area contributed by atoms with Crippen molar-refractivity contribution >= 4 is 18.3 Å². The average molecular weight is 431 g/mol. The molecule has 2 aromatic rings. The predicted molar refractivity (Wildman–Crippen MR) is 105 cm³/mol. The van der Waals surface area contributed by atoms with Gasteiger partial charge in [0.1, 0.15) is 0 Å². The van der Waals surface area contributed by atoms with Crippen LogP contribution in [-0.4, -0.2) is 27.8 Å². The topological polar surface area (TPSA) is 90.0 Å². The first-order chi connectivity index (χ1) is 13.1. The number of halogens is 4. The van der Waals surface area contributed by atoms with Crippen LogP contribution in [0.25, 0.3) is 5.69 Å². The first-order valence-corrected chi connectivity index (χ1v) is 8.96. The van der Waals surface area contributed by atoms with Crippen molar-refractivity contribution in [2.75, 3.05) is 6.54 Å². The van der Waals surface area contributed by atoms with Gasteiger partial charge >= 0.3 is 6.18 Å². The highest BCUT2D eigenvalue weighted by Gasteiger charge is 2.35. The largest absolute Gasteiger partial charge is 0.416 e. The van der Waals surface area contributed by atoms with Crippen LogP contribution in [0, 0.1) is 6.92 Å². The van der Waals surface area contributed by atoms with Crippen LogP contribution in [0.15, 0.2) is 35.1 Å². The van der Waals surface area contributed by atoms with Gasteiger partial charge in [0.25, 0.3) is 5.91 Å². The highest BCUT2D eigenvalue weighted by Crippen LogP contribution is 2.30. The molecule has 1 aromatic heterocycles. The molecule has 1 saturated carbocycles. The van der Waals surface area contributed by atoms with E-state index in [0.29, 0.717) is 18.5 Å². The van der Waals surface area contributed by atoms with E-state index in [4.69, 9.17) is 5.73 Å². The highest BCUT2D eigenvalue weighted by molar-refractivity contribution is 5.92. The van der Waals surface area contributed by atoms with E-state index in [1.807, 2.05) is 0 Å². The lowest BCUT2D eigenvalue weighted by atomic mass is 9.97. The minimum Gasteiger partial charge on any atom is -0.344 e. The maximum atomic E-state index is 13.0. The molecular weight excluding hydrogens is 409 g/mol. The zero-order chi connectivity index (χ0) is 20.5. The molecule has 0 radical (unpaired) electrons. The van der Waals surface area contributed by atoms with Crippen LogP contribution < -0.4 is 16.5 Å². The van der Waals surface area contributed by atoms with E-state index in [0.717, 1.165) is 29.7 Å². The maximum absolute atomic E-state index is 13.0. The number of hydrogen-bond acceptors (Lipinski definition) is 4. The molecule has 1 fully saturated rings. The lowest BCUT2D eigenvalue weighted by Crippen LogP contribution is -2.52. The van der Waals surface area contributed by atoms with Crippen molar-refractivity contribution in [3.63, 3.8) is 0 Å². The standard InChI is InChI=1S/C19H21F3N4O2.ClH/c1-12-9-15(27)16(17(28)24-18(11-23)7-2-3-8-18)25-26(12)14-6-4-5-13(10-14)19(20,21)22;/h4-6,9-10H,2-3,7-8,11,23H2,1H3,(H,24,28);1H. The van der Waals surface area contributed by atoms with E-state index in [1.54, 1.807) is 0 Å². The Morgan fingerprint density at radius 2 is 1.93 bits per heavy atom. The molecule has 1 aliphatic rings. The number of hydrogen-bond donors (Lipinski definition) is 2. The zero-order valence-corrected chi connectivity index (χ0v) is 16.6. The molecule has 0 saturated heterocycles. The number of benzene rings is 1. The number of aromatic nitrogens is 2. The van der Waals surface area contributed by atoms with Gasteiger partial charge in [-0.2, -0.15) is 18.3 Å². The molecule has 1 amide bonds. The fraction of sp³-hybridized carbons (Fsp3) is 0.421. The van der Waals surface area contributed by atoms with Crippen LogP contribution in [0.1, 0.15) is 47.4 Å². The number of nitrogens with zero attached hydrogens (tertiary/aromatic N) is 2. The van der Waals surface area contributed by atoms with Gasteiger partial charge in [0.2, 0.25) is 5.43 Å². The molecule has 6 nitrogen and oxygen atoms in total. The monoisotopic (exact) mass is 430 g/mol. The zero-order valence-electron chi connectivity index (χ0n) is 15.8. The smallest absolute Gasteiger partial charge is 0.344 e. The Labute approximate surface area is 171 Å². The van der Waals surface area contributed by atoms with Crippen LogP contribution in [0.5, 0.6) is 0 Å². The summed E-state index contributed by atoms with van der Waals surface area (Å²) >= 11 is 0. The number of nitrogens with two attached hydrogens (primary N) is 1. The van der Waals surface area contributed by atoms with Gasteiger partial charge in [-0.05, 0) is 38.0 Å². The molecule has 1 aromatic carbocycles. The first-order valence-electron chi connectivity index (χ1n) is 8.96. The Kier molecular flexibility index (Phi) is 6.74. The minimum absolute atomic E-state index is 0. The second-order valence-electron chi connectivity index (χ2n) is 7.10. The molecule has 10 heteroatoms. The van der Waals surface area contributed by atoms with Gasteiger partial charge < -0.3 is 11.1 Å². The molecular formula is C19H22ClF3N4O2. The molecule has 0 unspecified atom stereocenters. The van der Waals surface area contributed by atoms with Crippen molar-refractivity contribution < 1.29 is 18.0 Å². The number of rotatable bonds is 4. The van der Waals surface area contributed by atoms with E-state index in [-0.39, 0.29) is 30.3 Å². The predicted octanol–water partition coefficient (Wildman–Crippen LogP) is 2.98. The summed E-state index contributed by atoms with van der Waals surface area (Å²) in [4.78, 5) is 25.0. The summed E-state index contributed by atoms with van der Waals surface area (Å²) in [5.41, 5.74) is 3.85. The summed E-state index contributed by atoms with van der Waals surface area (Å²) in [7, 11) is 0. The molecule has 29 heavy (non-hydrogen) atoms. The fourth-order valence-electron chi connectivity index (χ4n) is 3.51. The van der Waals surface area contributed by atoms with Gasteiger partial charge in [-0.3, -0.25) is 9.59 Å². The van der Waals surface area contributed by atoms with Gasteiger partial charge in [0.05, 0.1) is 16.8 Å². The molecule has 3 N–H and O–H groups in total. The Morgan fingerprint density at radius 3 is 2.52 bits per heavy atom. The Balaban J connectivity index is 0.00000300. The fourth-order valence-corrected chi connectivity index (χ4v) is 3.51. The maximum Gasteiger partial charge on any atom is 0.416 e. The molecule has 0 aliphatic heterocycles. The van der Waals surface area contributed by atoms with Crippen LogP contribution in [0.4, 0.5) is 13.2 Å². The van der Waals surface area contributed by atoms with Crippen LogP contribution in [0.2, 0.25) is 0 Å². The van der Waals surface area contributed by atoms with Gasteiger partial charge in [-0.1, -0.05) is 18.9 Å². The van der Waals surface area contributed by atoms with Crippen molar-refractivity contribution in [1.82, 2.24) is 15.1 Å². The second kappa shape index (κ2) is 8.54. The van der Waals surface area contributed by atoms with Crippen molar-refractivity contribution in [1.29, 1.82) is 0 Å². The number of amides is 1. The minimum atomic E-state index is -4.51. The number of aryl methyl sites for hydroxylation is 1. The molecule has 158 valence electrons. The summed E-state index contributed by atoms with van der Waals surface area (Å²) in [6.45, 7) is 1.78. The molecule has 1 aliphatic carbocycles. The van der Waals surface area contributed by atoms with Crippen LogP contribution in [0.3, 0.4) is 0 Å². The van der Waals surface area contributed by atoms with Crippen molar-refractivity contribution in [2.24, 2.45) is 5.73 Å². The molecule has 1 heterocycles. The van der Waals surface area contributed by atoms with E-state index >= 15 is 0 Å². The number of carbonyl (C=O) groups is 1. The Bertz CT molecular complexity index is 953. The van der Waals surface area contributed by atoms with Gasteiger partial charge in [-0.15, -0.1) is 12.4 Å². The quantitative estimate of drug-likeness (QED) is 0.780. The summed E-state index contributed by atoms with van der Waals surface area (Å²) in [6.07, 6.45) is -1.24. The molecule has 3 rings (SSSR count). The van der Waals surface area contributed by atoms with Gasteiger partial charge in [0, 0.05) is 18.3 Å². The third-order valence-electron chi connectivity index (χ3n) is 5.07. The molecule has 0 spiro atoms. The first kappa shape index (κ1) is 22.9. The van der Waals surface area contributed by atoms with Gasteiger partial charge in [0.15, 0.2) is 5.69 Å². The van der Waals surface area contributed by atoms with E-state index in [2.05, 4.69) is 10.4 Å². The number of carbonyl (C=O) groups excluding carboxylic acids is 1. The normalized spacial score (nSPS) is 15.6. The second-order valence-corrected chi connectivity index (χ2v) is 7.10. The van der Waals surface area contributed by atoms with E-state index in [9.17, 15) is 22.8 Å². The van der Waals surface area contributed by atoms with Crippen LogP contribution >= 0.6 is 12.4 Å². The van der Waals surface area contributed by atoms with Crippen molar-refractivity contribution in [3.05, 3.63) is 57.5 Å². The van der Waals surface area contributed by atoms with E-state index < -0.39 is 28.6 Å². The summed E-state index contributed by atoms with van der Waals surface area (Å²) in [5, 5.41) is 6.87. The number of alkyl halides is 3. The summed E-state index contributed by atoms with van der Waals surface area (Å²) in [6, 6.07) is 5.73. The Morgan fingerprint density at radius 1 is 1.28 bits per heavy atom. The van der Waals surface area contributed by atoms with Gasteiger partial charge in [-0.25, -0.2) is 4.68 Å². The Hall–Kier alpha value is -2.39. The average Bonchev–Trinajstić information content (AvgIpc) is 3.10. The van der Waals surface area contributed by atoms with Crippen molar-refractivity contribution in [3.8, 4) is 5.69 Å². The molecule has 0 bridgehead atoms. The third kappa shape index (κ3) is 4.79. The lowest BCUT2D eigenvalue weighted by molar-refractivity contribution is -0.137. The van der Waals surface area contributed by atoms with Crippen LogP contribution in [-0.2, 0) is 6.18 Å². The summed E-state index contributed by atoms with van der Waals surface area (Å²) in [5.74, 6) is -0.668. The van der Waals surface area contributed by atoms with Crippen molar-refractivity contribution in [2.45, 2.75) is 44.3 Å². The number of nitrogens with one attached hydrogen (secondary N) is 1. The van der Waals surface area contributed by atoms with E-state index in [1.165, 1.54) is 25.1 Å².